The number of anilines is 1. The molecule has 0 spiro atoms. The molecular formula is C12H18N2O2S. The molecule has 1 fully saturated rings. The molecule has 2 rings (SSSR count). The Bertz CT molecular complexity index is 495. The summed E-state index contributed by atoms with van der Waals surface area (Å²) in [4.78, 5) is 0.236. The van der Waals surface area contributed by atoms with Gasteiger partial charge in [-0.2, -0.15) is 0 Å². The monoisotopic (exact) mass is 254 g/mol. The summed E-state index contributed by atoms with van der Waals surface area (Å²) < 4.78 is 26.7. The van der Waals surface area contributed by atoms with Gasteiger partial charge in [0, 0.05) is 11.7 Å². The molecule has 1 aliphatic rings. The molecule has 5 heteroatoms. The molecule has 0 aliphatic heterocycles. The summed E-state index contributed by atoms with van der Waals surface area (Å²) in [7, 11) is -3.43. The quantitative estimate of drug-likeness (QED) is 0.786. The van der Waals surface area contributed by atoms with Gasteiger partial charge < -0.3 is 5.73 Å². The fourth-order valence-corrected chi connectivity index (χ4v) is 3.23. The van der Waals surface area contributed by atoms with Gasteiger partial charge in [0.25, 0.3) is 0 Å². The minimum atomic E-state index is -3.43. The third-order valence-electron chi connectivity index (χ3n) is 2.91. The summed E-state index contributed by atoms with van der Waals surface area (Å²) in [5.74, 6) is 0.702. The maximum Gasteiger partial charge on any atom is 0.240 e. The van der Waals surface area contributed by atoms with Crippen LogP contribution >= 0.6 is 0 Å². The second-order valence-electron chi connectivity index (χ2n) is 4.77. The van der Waals surface area contributed by atoms with E-state index in [1.54, 1.807) is 18.2 Å². The Hall–Kier alpha value is -1.07. The van der Waals surface area contributed by atoms with Crippen molar-refractivity contribution in [1.82, 2.24) is 4.72 Å². The average Bonchev–Trinajstić information content (AvgIpc) is 3.00. The molecule has 1 saturated carbocycles. The van der Waals surface area contributed by atoms with Crippen molar-refractivity contribution in [2.75, 3.05) is 5.73 Å². The largest absolute Gasteiger partial charge is 0.399 e. The van der Waals surface area contributed by atoms with Crippen LogP contribution in [0.2, 0.25) is 0 Å². The van der Waals surface area contributed by atoms with E-state index in [-0.39, 0.29) is 10.9 Å². The van der Waals surface area contributed by atoms with Crippen molar-refractivity contribution in [1.29, 1.82) is 0 Å². The zero-order valence-electron chi connectivity index (χ0n) is 9.89. The number of hydrogen-bond acceptors (Lipinski definition) is 3. The minimum Gasteiger partial charge on any atom is -0.399 e. The van der Waals surface area contributed by atoms with E-state index in [1.807, 2.05) is 6.92 Å². The molecule has 0 heterocycles. The Kier molecular flexibility index (Phi) is 3.40. The molecule has 4 nitrogen and oxygen atoms in total. The van der Waals surface area contributed by atoms with Gasteiger partial charge in [0.1, 0.15) is 0 Å². The first-order valence-corrected chi connectivity index (χ1v) is 7.33. The van der Waals surface area contributed by atoms with Crippen LogP contribution < -0.4 is 10.5 Å². The SMILES string of the molecule is CC(CC1CC1)NS(=O)(=O)c1cccc(N)c1. The Labute approximate surface area is 102 Å². The summed E-state index contributed by atoms with van der Waals surface area (Å²) in [6, 6.07) is 6.34. The summed E-state index contributed by atoms with van der Waals surface area (Å²) in [6.45, 7) is 1.90. The number of nitrogens with two attached hydrogens (primary N) is 1. The normalized spacial score (nSPS) is 17.9. The predicted molar refractivity (Wildman–Crippen MR) is 68.0 cm³/mol. The average molecular weight is 254 g/mol. The Morgan fingerprint density at radius 3 is 2.76 bits per heavy atom. The highest BCUT2D eigenvalue weighted by molar-refractivity contribution is 7.89. The van der Waals surface area contributed by atoms with Crippen LogP contribution in [0.5, 0.6) is 0 Å². The van der Waals surface area contributed by atoms with Crippen LogP contribution in [0, 0.1) is 5.92 Å². The van der Waals surface area contributed by atoms with Crippen LogP contribution in [0.4, 0.5) is 5.69 Å². The highest BCUT2D eigenvalue weighted by atomic mass is 32.2. The lowest BCUT2D eigenvalue weighted by atomic mass is 10.2. The molecule has 0 bridgehead atoms. The van der Waals surface area contributed by atoms with Gasteiger partial charge in [-0.15, -0.1) is 0 Å². The van der Waals surface area contributed by atoms with E-state index in [0.29, 0.717) is 11.6 Å². The van der Waals surface area contributed by atoms with Gasteiger partial charge in [0.05, 0.1) is 4.90 Å². The lowest BCUT2D eigenvalue weighted by molar-refractivity contribution is 0.530. The molecule has 0 saturated heterocycles. The van der Waals surface area contributed by atoms with Gasteiger partial charge >= 0.3 is 0 Å². The third-order valence-corrected chi connectivity index (χ3v) is 4.50. The fraction of sp³-hybridized carbons (Fsp3) is 0.500. The van der Waals surface area contributed by atoms with Gasteiger partial charge in [-0.05, 0) is 37.5 Å². The molecule has 94 valence electrons. The first kappa shape index (κ1) is 12.4. The van der Waals surface area contributed by atoms with Crippen molar-refractivity contribution in [3.8, 4) is 0 Å². The van der Waals surface area contributed by atoms with Crippen LogP contribution in [0.1, 0.15) is 26.2 Å². The summed E-state index contributed by atoms with van der Waals surface area (Å²) in [5.41, 5.74) is 6.05. The summed E-state index contributed by atoms with van der Waals surface area (Å²) >= 11 is 0. The lowest BCUT2D eigenvalue weighted by Gasteiger charge is -2.13. The molecule has 1 unspecified atom stereocenters. The van der Waals surface area contributed by atoms with Crippen LogP contribution in [0.15, 0.2) is 29.2 Å². The first-order valence-electron chi connectivity index (χ1n) is 5.85. The third kappa shape index (κ3) is 3.44. The number of benzene rings is 1. The van der Waals surface area contributed by atoms with Crippen LogP contribution in [0.3, 0.4) is 0 Å². The summed E-state index contributed by atoms with van der Waals surface area (Å²) in [5, 5.41) is 0. The first-order chi connectivity index (χ1) is 7.97. The fourth-order valence-electron chi connectivity index (χ4n) is 1.92. The highest BCUT2D eigenvalue weighted by Gasteiger charge is 2.26. The number of nitrogens with one attached hydrogen (secondary N) is 1. The van der Waals surface area contributed by atoms with Crippen molar-refractivity contribution < 1.29 is 8.42 Å². The Morgan fingerprint density at radius 1 is 1.47 bits per heavy atom. The van der Waals surface area contributed by atoms with Gasteiger partial charge in [0.15, 0.2) is 0 Å². The van der Waals surface area contributed by atoms with Gasteiger partial charge in [-0.3, -0.25) is 0 Å². The predicted octanol–water partition coefficient (Wildman–Crippen LogP) is 1.74. The van der Waals surface area contributed by atoms with Crippen LogP contribution in [-0.2, 0) is 10.0 Å². The van der Waals surface area contributed by atoms with Gasteiger partial charge in [-0.25, -0.2) is 13.1 Å². The van der Waals surface area contributed by atoms with E-state index in [4.69, 9.17) is 5.73 Å². The molecule has 17 heavy (non-hydrogen) atoms. The van der Waals surface area contributed by atoms with Crippen molar-refractivity contribution in [2.45, 2.75) is 37.1 Å². The smallest absolute Gasteiger partial charge is 0.240 e. The molecular weight excluding hydrogens is 236 g/mol. The lowest BCUT2D eigenvalue weighted by Crippen LogP contribution is -2.32. The molecule has 1 aliphatic carbocycles. The van der Waals surface area contributed by atoms with Crippen LogP contribution in [-0.4, -0.2) is 14.5 Å². The molecule has 1 aromatic carbocycles. The molecule has 0 aromatic heterocycles. The molecule has 0 amide bonds. The molecule has 3 N–H and O–H groups in total. The standard InChI is InChI=1S/C12H18N2O2S/c1-9(7-10-5-6-10)14-17(15,16)12-4-2-3-11(13)8-12/h2-4,8-10,14H,5-7,13H2,1H3. The van der Waals surface area contributed by atoms with Crippen molar-refractivity contribution in [2.24, 2.45) is 5.92 Å². The number of nitrogen functional groups attached to an aromatic ring is 1. The molecule has 1 atom stereocenters. The van der Waals surface area contributed by atoms with E-state index in [0.717, 1.165) is 6.42 Å². The molecule has 0 radical (unpaired) electrons. The second kappa shape index (κ2) is 4.66. The summed E-state index contributed by atoms with van der Waals surface area (Å²) in [6.07, 6.45) is 3.37. The van der Waals surface area contributed by atoms with E-state index in [9.17, 15) is 8.42 Å². The molecule has 1 aromatic rings. The van der Waals surface area contributed by atoms with E-state index in [2.05, 4.69) is 4.72 Å². The van der Waals surface area contributed by atoms with Gasteiger partial charge in [-0.1, -0.05) is 18.9 Å². The zero-order valence-corrected chi connectivity index (χ0v) is 10.7. The van der Waals surface area contributed by atoms with Gasteiger partial charge in [0.2, 0.25) is 10.0 Å². The Balaban J connectivity index is 2.07. The zero-order chi connectivity index (χ0) is 12.5. The minimum absolute atomic E-state index is 0.0195. The highest BCUT2D eigenvalue weighted by Crippen LogP contribution is 2.33. The number of rotatable bonds is 5. The van der Waals surface area contributed by atoms with E-state index in [1.165, 1.54) is 18.9 Å². The Morgan fingerprint density at radius 2 is 2.18 bits per heavy atom. The maximum atomic E-state index is 12.0. The van der Waals surface area contributed by atoms with Crippen molar-refractivity contribution in [3.05, 3.63) is 24.3 Å². The van der Waals surface area contributed by atoms with E-state index < -0.39 is 10.0 Å². The number of sulfonamides is 1. The topological polar surface area (TPSA) is 72.2 Å². The second-order valence-corrected chi connectivity index (χ2v) is 6.49. The number of hydrogen-bond donors (Lipinski definition) is 2. The van der Waals surface area contributed by atoms with Crippen molar-refractivity contribution in [3.63, 3.8) is 0 Å². The maximum absolute atomic E-state index is 12.0. The van der Waals surface area contributed by atoms with Crippen LogP contribution in [0.25, 0.3) is 0 Å². The van der Waals surface area contributed by atoms with E-state index >= 15 is 0 Å². The van der Waals surface area contributed by atoms with Crippen molar-refractivity contribution >= 4 is 15.7 Å².